The molecule has 3 N–H and O–H groups in total. The van der Waals surface area contributed by atoms with Crippen molar-refractivity contribution >= 4 is 12.4 Å². The van der Waals surface area contributed by atoms with Gasteiger partial charge in [-0.15, -0.1) is 12.4 Å². The van der Waals surface area contributed by atoms with Crippen LogP contribution in [0.3, 0.4) is 0 Å². The van der Waals surface area contributed by atoms with Crippen LogP contribution in [0.4, 0.5) is 4.39 Å². The molecule has 1 aromatic rings. The molecule has 0 fully saturated rings. The van der Waals surface area contributed by atoms with Crippen molar-refractivity contribution in [2.75, 3.05) is 0 Å². The van der Waals surface area contributed by atoms with Gasteiger partial charge in [-0.3, -0.25) is 0 Å². The molecular weight excluding hydrogens is 217 g/mol. The lowest BCUT2D eigenvalue weighted by Gasteiger charge is -2.18. The maximum Gasteiger partial charge on any atom is 0.165 e. The van der Waals surface area contributed by atoms with Gasteiger partial charge in [-0.1, -0.05) is 26.3 Å². The Labute approximate surface area is 95.7 Å². The lowest BCUT2D eigenvalue weighted by molar-refractivity contribution is 0.425. The lowest BCUT2D eigenvalue weighted by atomic mass is 9.93. The Balaban J connectivity index is 0.00000196. The van der Waals surface area contributed by atoms with E-state index in [1.54, 1.807) is 6.07 Å². The largest absolute Gasteiger partial charge is 0.505 e. The van der Waals surface area contributed by atoms with E-state index >= 15 is 0 Å². The molecule has 1 aromatic carbocycles. The number of hydrogen-bond donors (Lipinski definition) is 2. The minimum absolute atomic E-state index is 0. The van der Waals surface area contributed by atoms with Crippen LogP contribution in [-0.4, -0.2) is 5.11 Å². The van der Waals surface area contributed by atoms with E-state index in [1.165, 1.54) is 12.1 Å². The van der Waals surface area contributed by atoms with E-state index in [1.807, 2.05) is 13.8 Å². The van der Waals surface area contributed by atoms with Crippen molar-refractivity contribution in [2.45, 2.75) is 26.3 Å². The average molecular weight is 234 g/mol. The first-order valence-corrected chi connectivity index (χ1v) is 4.80. The molecule has 2 nitrogen and oxygen atoms in total. The third-order valence-corrected chi connectivity index (χ3v) is 2.61. The summed E-state index contributed by atoms with van der Waals surface area (Å²) < 4.78 is 13.0. The summed E-state index contributed by atoms with van der Waals surface area (Å²) in [5.74, 6) is -0.634. The molecule has 0 aromatic heterocycles. The second-order valence-electron chi connectivity index (χ2n) is 3.62. The highest BCUT2D eigenvalue weighted by Crippen LogP contribution is 2.25. The molecule has 0 saturated carbocycles. The normalized spacial score (nSPS) is 14.1. The highest BCUT2D eigenvalue weighted by atomic mass is 35.5. The molecule has 0 aliphatic carbocycles. The number of hydrogen-bond acceptors (Lipinski definition) is 2. The first-order valence-electron chi connectivity index (χ1n) is 4.80. The summed E-state index contributed by atoms with van der Waals surface area (Å²) in [4.78, 5) is 0. The number of benzene rings is 1. The fourth-order valence-electron chi connectivity index (χ4n) is 1.31. The molecule has 0 radical (unpaired) electrons. The maximum atomic E-state index is 13.0. The van der Waals surface area contributed by atoms with Gasteiger partial charge in [0, 0.05) is 6.04 Å². The molecule has 0 aliphatic heterocycles. The van der Waals surface area contributed by atoms with E-state index in [-0.39, 0.29) is 24.2 Å². The zero-order valence-corrected chi connectivity index (χ0v) is 9.72. The molecule has 1 unspecified atom stereocenters. The second-order valence-corrected chi connectivity index (χ2v) is 3.62. The topological polar surface area (TPSA) is 46.2 Å². The second kappa shape index (κ2) is 5.93. The van der Waals surface area contributed by atoms with Crippen LogP contribution in [0.2, 0.25) is 0 Å². The summed E-state index contributed by atoms with van der Waals surface area (Å²) in [7, 11) is 0. The van der Waals surface area contributed by atoms with Crippen molar-refractivity contribution in [1.29, 1.82) is 0 Å². The summed E-state index contributed by atoms with van der Waals surface area (Å²) in [6, 6.07) is 4.13. The predicted molar refractivity (Wildman–Crippen MR) is 61.7 cm³/mol. The number of rotatable bonds is 3. The fraction of sp³-hybridized carbons (Fsp3) is 0.455. The van der Waals surface area contributed by atoms with Crippen LogP contribution >= 0.6 is 12.4 Å². The number of phenolic OH excluding ortho intramolecular Hbond substituents is 1. The van der Waals surface area contributed by atoms with Gasteiger partial charge in [-0.2, -0.15) is 0 Å². The Morgan fingerprint density at radius 2 is 2.07 bits per heavy atom. The van der Waals surface area contributed by atoms with Gasteiger partial charge in [0.25, 0.3) is 0 Å². The monoisotopic (exact) mass is 233 g/mol. The van der Waals surface area contributed by atoms with E-state index in [4.69, 9.17) is 10.8 Å². The molecule has 0 bridgehead atoms. The summed E-state index contributed by atoms with van der Waals surface area (Å²) >= 11 is 0. The smallest absolute Gasteiger partial charge is 0.165 e. The first-order chi connectivity index (χ1) is 6.56. The van der Waals surface area contributed by atoms with Gasteiger partial charge in [-0.05, 0) is 23.6 Å². The molecule has 86 valence electrons. The quantitative estimate of drug-likeness (QED) is 0.843. The molecule has 0 spiro atoms. The maximum absolute atomic E-state index is 13.0. The highest BCUT2D eigenvalue weighted by molar-refractivity contribution is 5.85. The SMILES string of the molecule is CCC(C)[C@@H](N)c1ccc(O)c(F)c1.Cl. The van der Waals surface area contributed by atoms with Crippen LogP contribution in [0.25, 0.3) is 0 Å². The summed E-state index contributed by atoms with van der Waals surface area (Å²) in [6.45, 7) is 4.07. The predicted octanol–water partition coefficient (Wildman–Crippen LogP) is 3.00. The Kier molecular flexibility index (Phi) is 5.61. The Hall–Kier alpha value is -0.800. The van der Waals surface area contributed by atoms with Gasteiger partial charge in [0.2, 0.25) is 0 Å². The van der Waals surface area contributed by atoms with E-state index in [2.05, 4.69) is 0 Å². The highest BCUT2D eigenvalue weighted by Gasteiger charge is 2.14. The Bertz CT molecular complexity index is 319. The van der Waals surface area contributed by atoms with Gasteiger partial charge >= 0.3 is 0 Å². The van der Waals surface area contributed by atoms with Crippen LogP contribution in [-0.2, 0) is 0 Å². The van der Waals surface area contributed by atoms with Gasteiger partial charge in [0.1, 0.15) is 0 Å². The number of nitrogens with two attached hydrogens (primary N) is 1. The molecule has 0 amide bonds. The van der Waals surface area contributed by atoms with Gasteiger partial charge in [0.05, 0.1) is 0 Å². The van der Waals surface area contributed by atoms with E-state index in [9.17, 15) is 4.39 Å². The summed E-state index contributed by atoms with van der Waals surface area (Å²) in [6.07, 6.45) is 0.948. The molecule has 0 saturated heterocycles. The van der Waals surface area contributed by atoms with Crippen LogP contribution in [0.15, 0.2) is 18.2 Å². The van der Waals surface area contributed by atoms with Gasteiger partial charge < -0.3 is 10.8 Å². The van der Waals surface area contributed by atoms with Crippen molar-refractivity contribution in [3.8, 4) is 5.75 Å². The standard InChI is InChI=1S/C11H16FNO.ClH/c1-3-7(2)11(13)8-4-5-10(14)9(12)6-8;/h4-7,11,14H,3,13H2,1-2H3;1H/t7?,11-;/m1./s1. The van der Waals surface area contributed by atoms with Crippen molar-refractivity contribution in [2.24, 2.45) is 11.7 Å². The van der Waals surface area contributed by atoms with E-state index < -0.39 is 5.82 Å². The van der Waals surface area contributed by atoms with Crippen molar-refractivity contribution < 1.29 is 9.50 Å². The van der Waals surface area contributed by atoms with Crippen molar-refractivity contribution in [3.63, 3.8) is 0 Å². The van der Waals surface area contributed by atoms with Gasteiger partial charge in [0.15, 0.2) is 11.6 Å². The fourth-order valence-corrected chi connectivity index (χ4v) is 1.31. The third-order valence-electron chi connectivity index (χ3n) is 2.61. The van der Waals surface area contributed by atoms with E-state index in [0.29, 0.717) is 5.92 Å². The molecule has 4 heteroatoms. The number of phenols is 1. The zero-order valence-electron chi connectivity index (χ0n) is 8.90. The van der Waals surface area contributed by atoms with E-state index in [0.717, 1.165) is 12.0 Å². The summed E-state index contributed by atoms with van der Waals surface area (Å²) in [5.41, 5.74) is 6.65. The minimum Gasteiger partial charge on any atom is -0.505 e. The molecule has 2 atom stereocenters. The summed E-state index contributed by atoms with van der Waals surface area (Å²) in [5, 5.41) is 9.01. The lowest BCUT2D eigenvalue weighted by Crippen LogP contribution is -2.18. The molecular formula is C11H17ClFNO. The zero-order chi connectivity index (χ0) is 10.7. The minimum atomic E-state index is -0.610. The van der Waals surface area contributed by atoms with Crippen molar-refractivity contribution in [3.05, 3.63) is 29.6 Å². The molecule has 0 heterocycles. The number of aromatic hydroxyl groups is 1. The number of halogens is 2. The molecule has 15 heavy (non-hydrogen) atoms. The molecule has 1 rings (SSSR count). The van der Waals surface area contributed by atoms with Gasteiger partial charge in [-0.25, -0.2) is 4.39 Å². The third kappa shape index (κ3) is 3.36. The first kappa shape index (κ1) is 14.2. The van der Waals surface area contributed by atoms with Crippen LogP contribution in [0.5, 0.6) is 5.75 Å². The molecule has 0 aliphatic rings. The average Bonchev–Trinajstić information content (AvgIpc) is 2.20. The Morgan fingerprint density at radius 1 is 1.47 bits per heavy atom. The van der Waals surface area contributed by atoms with Crippen LogP contribution < -0.4 is 5.73 Å². The van der Waals surface area contributed by atoms with Crippen LogP contribution in [0.1, 0.15) is 31.9 Å². The van der Waals surface area contributed by atoms with Crippen LogP contribution in [0, 0.1) is 11.7 Å². The van der Waals surface area contributed by atoms with Crippen molar-refractivity contribution in [1.82, 2.24) is 0 Å². The Morgan fingerprint density at radius 3 is 2.53 bits per heavy atom.